The van der Waals surface area contributed by atoms with Crippen LogP contribution in [0.3, 0.4) is 0 Å². The van der Waals surface area contributed by atoms with Crippen LogP contribution in [0.2, 0.25) is 5.02 Å². The molecular formula is C22H17BrClN3O3. The summed E-state index contributed by atoms with van der Waals surface area (Å²) < 4.78 is 6.48. The molecule has 0 aliphatic rings. The van der Waals surface area contributed by atoms with Crippen LogP contribution in [0.5, 0.6) is 5.75 Å². The minimum atomic E-state index is -0.349. The van der Waals surface area contributed by atoms with Gasteiger partial charge in [0.25, 0.3) is 11.8 Å². The van der Waals surface area contributed by atoms with Crippen molar-refractivity contribution in [1.29, 1.82) is 0 Å². The van der Waals surface area contributed by atoms with E-state index in [2.05, 4.69) is 31.8 Å². The van der Waals surface area contributed by atoms with Crippen LogP contribution in [0.15, 0.2) is 82.4 Å². The number of ether oxygens (including phenoxy) is 1. The molecule has 0 aliphatic carbocycles. The van der Waals surface area contributed by atoms with Gasteiger partial charge in [0, 0.05) is 15.6 Å². The molecule has 0 bridgehead atoms. The van der Waals surface area contributed by atoms with Gasteiger partial charge in [-0.15, -0.1) is 0 Å². The molecule has 2 N–H and O–H groups in total. The Balaban J connectivity index is 1.58. The molecule has 0 aliphatic heterocycles. The molecule has 0 saturated heterocycles. The molecule has 8 heteroatoms. The predicted octanol–water partition coefficient (Wildman–Crippen LogP) is 4.88. The summed E-state index contributed by atoms with van der Waals surface area (Å²) in [5, 5.41) is 7.11. The van der Waals surface area contributed by atoms with Crippen LogP contribution in [0.4, 0.5) is 5.69 Å². The number of anilines is 1. The van der Waals surface area contributed by atoms with Crippen LogP contribution in [-0.2, 0) is 4.79 Å². The zero-order valence-corrected chi connectivity index (χ0v) is 18.0. The van der Waals surface area contributed by atoms with Crippen LogP contribution in [-0.4, -0.2) is 24.6 Å². The van der Waals surface area contributed by atoms with E-state index in [0.717, 1.165) is 4.47 Å². The predicted molar refractivity (Wildman–Crippen MR) is 121 cm³/mol. The summed E-state index contributed by atoms with van der Waals surface area (Å²) >= 11 is 9.36. The summed E-state index contributed by atoms with van der Waals surface area (Å²) in [6, 6.07) is 20.9. The van der Waals surface area contributed by atoms with E-state index in [0.29, 0.717) is 27.6 Å². The number of hydrogen-bond donors (Lipinski definition) is 2. The van der Waals surface area contributed by atoms with Crippen LogP contribution in [0, 0.1) is 0 Å². The normalized spacial score (nSPS) is 10.6. The maximum absolute atomic E-state index is 12.1. The third kappa shape index (κ3) is 6.17. The van der Waals surface area contributed by atoms with E-state index in [1.165, 1.54) is 6.21 Å². The minimum Gasteiger partial charge on any atom is -0.483 e. The number of halogens is 2. The lowest BCUT2D eigenvalue weighted by Crippen LogP contribution is -2.21. The zero-order valence-electron chi connectivity index (χ0n) is 15.6. The van der Waals surface area contributed by atoms with Gasteiger partial charge < -0.3 is 10.1 Å². The molecule has 3 aromatic rings. The SMILES string of the molecule is O=C(COc1ccccc1/C=N/NC(=O)c1ccc(Br)cc1)Nc1ccccc1Cl. The maximum Gasteiger partial charge on any atom is 0.271 e. The third-order valence-corrected chi connectivity index (χ3v) is 4.76. The highest BCUT2D eigenvalue weighted by atomic mass is 79.9. The Bertz CT molecular complexity index is 1070. The molecule has 30 heavy (non-hydrogen) atoms. The fourth-order valence-corrected chi connectivity index (χ4v) is 2.88. The summed E-state index contributed by atoms with van der Waals surface area (Å²) in [7, 11) is 0. The van der Waals surface area contributed by atoms with Crippen molar-refractivity contribution in [1.82, 2.24) is 5.43 Å². The highest BCUT2D eigenvalue weighted by molar-refractivity contribution is 9.10. The van der Waals surface area contributed by atoms with Crippen LogP contribution >= 0.6 is 27.5 Å². The highest BCUT2D eigenvalue weighted by Crippen LogP contribution is 2.21. The second-order valence-corrected chi connectivity index (χ2v) is 7.38. The van der Waals surface area contributed by atoms with Gasteiger partial charge in [-0.3, -0.25) is 9.59 Å². The van der Waals surface area contributed by atoms with Crippen LogP contribution < -0.4 is 15.5 Å². The number of carbonyl (C=O) groups is 2. The monoisotopic (exact) mass is 485 g/mol. The number of nitrogens with zero attached hydrogens (tertiary/aromatic N) is 1. The third-order valence-electron chi connectivity index (χ3n) is 3.90. The number of rotatable bonds is 7. The summed E-state index contributed by atoms with van der Waals surface area (Å²) in [5.41, 5.74) is 4.07. The van der Waals surface area contributed by atoms with Crippen molar-refractivity contribution in [2.45, 2.75) is 0 Å². The first-order chi connectivity index (χ1) is 14.5. The number of para-hydroxylation sites is 2. The first-order valence-corrected chi connectivity index (χ1v) is 10.1. The summed E-state index contributed by atoms with van der Waals surface area (Å²) in [6.45, 7) is -0.207. The second-order valence-electron chi connectivity index (χ2n) is 6.06. The Labute approximate surface area is 187 Å². The first-order valence-electron chi connectivity index (χ1n) is 8.88. The Morgan fingerprint density at radius 1 is 1.00 bits per heavy atom. The Morgan fingerprint density at radius 2 is 1.70 bits per heavy atom. The van der Waals surface area contributed by atoms with Crippen molar-refractivity contribution >= 4 is 51.2 Å². The number of benzene rings is 3. The molecule has 3 aromatic carbocycles. The maximum atomic E-state index is 12.1. The van der Waals surface area contributed by atoms with Gasteiger partial charge in [-0.2, -0.15) is 5.10 Å². The molecule has 6 nitrogen and oxygen atoms in total. The van der Waals surface area contributed by atoms with Crippen LogP contribution in [0.25, 0.3) is 0 Å². The van der Waals surface area contributed by atoms with Gasteiger partial charge in [0.15, 0.2) is 6.61 Å². The van der Waals surface area contributed by atoms with E-state index in [1.807, 2.05) is 0 Å². The van der Waals surface area contributed by atoms with E-state index in [4.69, 9.17) is 16.3 Å². The summed E-state index contributed by atoms with van der Waals surface area (Å²) in [6.07, 6.45) is 1.46. The number of carbonyl (C=O) groups excluding carboxylic acids is 2. The van der Waals surface area contributed by atoms with Crippen molar-refractivity contribution in [2.75, 3.05) is 11.9 Å². The molecular weight excluding hydrogens is 470 g/mol. The van der Waals surface area contributed by atoms with E-state index >= 15 is 0 Å². The van der Waals surface area contributed by atoms with Gasteiger partial charge in [0.05, 0.1) is 16.9 Å². The first kappa shape index (κ1) is 21.5. The highest BCUT2D eigenvalue weighted by Gasteiger charge is 2.08. The number of hydrogen-bond acceptors (Lipinski definition) is 4. The second kappa shape index (κ2) is 10.6. The van der Waals surface area contributed by atoms with E-state index < -0.39 is 0 Å². The molecule has 0 atom stereocenters. The summed E-state index contributed by atoms with van der Waals surface area (Å²) in [5.74, 6) is -0.233. The van der Waals surface area contributed by atoms with Crippen LogP contribution in [0.1, 0.15) is 15.9 Å². The van der Waals surface area contributed by atoms with Crippen molar-refractivity contribution in [3.63, 3.8) is 0 Å². The molecule has 2 amide bonds. The molecule has 0 fully saturated rings. The molecule has 0 unspecified atom stereocenters. The van der Waals surface area contributed by atoms with Gasteiger partial charge >= 0.3 is 0 Å². The lowest BCUT2D eigenvalue weighted by molar-refractivity contribution is -0.118. The van der Waals surface area contributed by atoms with Crippen molar-refractivity contribution in [3.05, 3.63) is 93.4 Å². The molecule has 0 radical (unpaired) electrons. The van der Waals surface area contributed by atoms with Gasteiger partial charge in [0.1, 0.15) is 5.75 Å². The largest absolute Gasteiger partial charge is 0.483 e. The topological polar surface area (TPSA) is 79.8 Å². The van der Waals surface area contributed by atoms with Crippen molar-refractivity contribution in [3.8, 4) is 5.75 Å². The Kier molecular flexibility index (Phi) is 7.59. The smallest absolute Gasteiger partial charge is 0.271 e. The number of amides is 2. The average Bonchev–Trinajstić information content (AvgIpc) is 2.75. The molecule has 3 rings (SSSR count). The number of nitrogens with one attached hydrogen (secondary N) is 2. The molecule has 0 heterocycles. The van der Waals surface area contributed by atoms with Gasteiger partial charge in [-0.25, -0.2) is 5.43 Å². The standard InChI is InChI=1S/C22H17BrClN3O3/c23-17-11-9-15(10-12-17)22(29)27-25-13-16-5-1-4-8-20(16)30-14-21(28)26-19-7-3-2-6-18(19)24/h1-13H,14H2,(H,26,28)(H,27,29)/b25-13+. The van der Waals surface area contributed by atoms with Gasteiger partial charge in [0.2, 0.25) is 0 Å². The van der Waals surface area contributed by atoms with E-state index in [1.54, 1.807) is 72.8 Å². The lowest BCUT2D eigenvalue weighted by atomic mass is 10.2. The average molecular weight is 487 g/mol. The Hall–Kier alpha value is -3.16. The Morgan fingerprint density at radius 3 is 2.47 bits per heavy atom. The minimum absolute atomic E-state index is 0.207. The number of hydrazone groups is 1. The fraction of sp³-hybridized carbons (Fsp3) is 0.0455. The molecule has 0 saturated carbocycles. The fourth-order valence-electron chi connectivity index (χ4n) is 2.44. The molecule has 0 spiro atoms. The van der Waals surface area contributed by atoms with Crippen molar-refractivity contribution in [2.24, 2.45) is 5.10 Å². The summed E-state index contributed by atoms with van der Waals surface area (Å²) in [4.78, 5) is 24.3. The van der Waals surface area contributed by atoms with E-state index in [9.17, 15) is 9.59 Å². The van der Waals surface area contributed by atoms with Gasteiger partial charge in [-0.1, -0.05) is 51.8 Å². The quantitative estimate of drug-likeness (QED) is 0.369. The van der Waals surface area contributed by atoms with Gasteiger partial charge in [-0.05, 0) is 48.5 Å². The molecule has 152 valence electrons. The zero-order chi connectivity index (χ0) is 21.3. The molecule has 0 aromatic heterocycles. The van der Waals surface area contributed by atoms with E-state index in [-0.39, 0.29) is 18.4 Å². The van der Waals surface area contributed by atoms with Crippen molar-refractivity contribution < 1.29 is 14.3 Å². The lowest BCUT2D eigenvalue weighted by Gasteiger charge is -2.10.